The first-order valence-corrected chi connectivity index (χ1v) is 13.7. The number of nitrogens with zero attached hydrogens (tertiary/aromatic N) is 1. The van der Waals surface area contributed by atoms with Crippen molar-refractivity contribution in [3.63, 3.8) is 0 Å². The zero-order chi connectivity index (χ0) is 29.4. The minimum Gasteiger partial charge on any atom is -0.352 e. The molecule has 1 heterocycles. The highest BCUT2D eigenvalue weighted by atomic mass is 35.5. The number of aromatic nitrogens is 2. The molecular weight excluding hydrogens is 571 g/mol. The summed E-state index contributed by atoms with van der Waals surface area (Å²) in [5.74, 6) is -2.56. The Labute approximate surface area is 239 Å². The Morgan fingerprint density at radius 3 is 2.38 bits per heavy atom. The molecule has 0 spiro atoms. The van der Waals surface area contributed by atoms with Gasteiger partial charge in [-0.05, 0) is 48.9 Å². The molecule has 0 saturated heterocycles. The van der Waals surface area contributed by atoms with Crippen molar-refractivity contribution in [2.75, 3.05) is 0 Å². The summed E-state index contributed by atoms with van der Waals surface area (Å²) < 4.78 is 53.6. The van der Waals surface area contributed by atoms with Gasteiger partial charge in [-0.2, -0.15) is 13.2 Å². The molecule has 3 aromatic rings. The molecule has 1 aliphatic carbocycles. The Morgan fingerprint density at radius 2 is 1.75 bits per heavy atom. The molecule has 1 fully saturated rings. The standard InChI is InChI=1S/C28H30Cl2F4N4O2/c1-27(2,3)26(40)35-13-14-4-9-19(29)17(24(14)30)11-23-37-21-10-18(20(31)12-22(21)38-23)25(39)36-16-7-5-15(6-8-16)28(32,33)34/h4,9-10,12,15-16H,5-8,11,13H2,1-3H3,(H,35,40)(H,36,39)(H,37,38). The van der Waals surface area contributed by atoms with Gasteiger partial charge in [-0.1, -0.05) is 50.0 Å². The third-order valence-electron chi connectivity index (χ3n) is 7.12. The van der Waals surface area contributed by atoms with Gasteiger partial charge in [0.15, 0.2) is 0 Å². The van der Waals surface area contributed by atoms with E-state index in [0.717, 1.165) is 6.07 Å². The number of hydrogen-bond donors (Lipinski definition) is 3. The number of fused-ring (bicyclic) bond motifs is 1. The minimum atomic E-state index is -4.25. The highest BCUT2D eigenvalue weighted by Crippen LogP contribution is 2.37. The van der Waals surface area contributed by atoms with Crippen molar-refractivity contribution < 1.29 is 27.2 Å². The number of hydrogen-bond acceptors (Lipinski definition) is 3. The van der Waals surface area contributed by atoms with Crippen LogP contribution in [0.1, 0.15) is 73.8 Å². The van der Waals surface area contributed by atoms with E-state index in [9.17, 15) is 27.2 Å². The maximum absolute atomic E-state index is 14.9. The molecule has 12 heteroatoms. The fraction of sp³-hybridized carbons (Fsp3) is 0.464. The molecule has 6 nitrogen and oxygen atoms in total. The van der Waals surface area contributed by atoms with E-state index in [2.05, 4.69) is 20.6 Å². The molecule has 40 heavy (non-hydrogen) atoms. The number of halogens is 6. The Balaban J connectivity index is 1.48. The molecule has 0 bridgehead atoms. The highest BCUT2D eigenvalue weighted by molar-refractivity contribution is 6.36. The van der Waals surface area contributed by atoms with E-state index in [4.69, 9.17) is 23.2 Å². The molecular formula is C28H30Cl2F4N4O2. The van der Waals surface area contributed by atoms with Gasteiger partial charge < -0.3 is 15.6 Å². The van der Waals surface area contributed by atoms with Crippen LogP contribution in [0.4, 0.5) is 17.6 Å². The van der Waals surface area contributed by atoms with Gasteiger partial charge in [-0.25, -0.2) is 9.37 Å². The van der Waals surface area contributed by atoms with Gasteiger partial charge in [0.05, 0.1) is 27.5 Å². The molecule has 3 N–H and O–H groups in total. The van der Waals surface area contributed by atoms with Crippen LogP contribution in [0.3, 0.4) is 0 Å². The second-order valence-corrected chi connectivity index (χ2v) is 12.0. The third-order valence-corrected chi connectivity index (χ3v) is 7.95. The first-order valence-electron chi connectivity index (χ1n) is 12.9. The quantitative estimate of drug-likeness (QED) is 0.263. The number of carbonyl (C=O) groups excluding carboxylic acids is 2. The van der Waals surface area contributed by atoms with Crippen molar-refractivity contribution >= 4 is 46.0 Å². The Bertz CT molecular complexity index is 1420. The van der Waals surface area contributed by atoms with Gasteiger partial charge in [0.1, 0.15) is 11.6 Å². The van der Waals surface area contributed by atoms with Gasteiger partial charge in [0.25, 0.3) is 5.91 Å². The summed E-state index contributed by atoms with van der Waals surface area (Å²) >= 11 is 13.0. The van der Waals surface area contributed by atoms with Gasteiger partial charge >= 0.3 is 6.18 Å². The van der Waals surface area contributed by atoms with Crippen LogP contribution in [0.15, 0.2) is 24.3 Å². The number of rotatable bonds is 6. The van der Waals surface area contributed by atoms with Gasteiger partial charge in [-0.3, -0.25) is 9.59 Å². The first kappa shape index (κ1) is 30.1. The summed E-state index contributed by atoms with van der Waals surface area (Å²) in [4.78, 5) is 32.5. The molecule has 216 valence electrons. The summed E-state index contributed by atoms with van der Waals surface area (Å²) in [5.41, 5.74) is 1.13. The molecule has 0 unspecified atom stereocenters. The Morgan fingerprint density at radius 1 is 1.07 bits per heavy atom. The van der Waals surface area contributed by atoms with Crippen LogP contribution < -0.4 is 10.6 Å². The maximum Gasteiger partial charge on any atom is 0.391 e. The predicted molar refractivity (Wildman–Crippen MR) is 146 cm³/mol. The van der Waals surface area contributed by atoms with Crippen LogP contribution in [0, 0.1) is 17.2 Å². The number of imidazole rings is 1. The van der Waals surface area contributed by atoms with E-state index in [1.165, 1.54) is 6.07 Å². The lowest BCUT2D eigenvalue weighted by molar-refractivity contribution is -0.182. The number of nitrogens with one attached hydrogen (secondary N) is 3. The van der Waals surface area contributed by atoms with E-state index in [1.54, 1.807) is 32.9 Å². The van der Waals surface area contributed by atoms with Crippen molar-refractivity contribution in [3.8, 4) is 0 Å². The smallest absolute Gasteiger partial charge is 0.352 e. The topological polar surface area (TPSA) is 86.9 Å². The molecule has 0 radical (unpaired) electrons. The number of aromatic amines is 1. The molecule has 0 aliphatic heterocycles. The highest BCUT2D eigenvalue weighted by Gasteiger charge is 2.41. The van der Waals surface area contributed by atoms with Crippen LogP contribution >= 0.6 is 23.2 Å². The fourth-order valence-electron chi connectivity index (χ4n) is 4.72. The van der Waals surface area contributed by atoms with Crippen molar-refractivity contribution in [2.45, 2.75) is 71.6 Å². The lowest BCUT2D eigenvalue weighted by Crippen LogP contribution is -2.40. The summed E-state index contributed by atoms with van der Waals surface area (Å²) in [6, 6.07) is 5.41. The van der Waals surface area contributed by atoms with E-state index in [-0.39, 0.29) is 50.1 Å². The van der Waals surface area contributed by atoms with Gasteiger partial charge in [0, 0.05) is 35.5 Å². The second-order valence-electron chi connectivity index (χ2n) is 11.2. The number of carbonyl (C=O) groups is 2. The van der Waals surface area contributed by atoms with E-state index >= 15 is 0 Å². The van der Waals surface area contributed by atoms with E-state index in [1.807, 2.05) is 0 Å². The molecule has 2 amide bonds. The maximum atomic E-state index is 14.9. The molecule has 1 aromatic heterocycles. The summed E-state index contributed by atoms with van der Waals surface area (Å²) in [5, 5.41) is 6.27. The summed E-state index contributed by atoms with van der Waals surface area (Å²) in [6.07, 6.45) is -3.87. The summed E-state index contributed by atoms with van der Waals surface area (Å²) in [7, 11) is 0. The SMILES string of the molecule is CC(C)(C)C(=O)NCc1ccc(Cl)c(Cc2nc3cc(C(=O)NC4CCC(C(F)(F)F)CC4)c(F)cc3[nH]2)c1Cl. The molecule has 1 aliphatic rings. The molecule has 2 aromatic carbocycles. The van der Waals surface area contributed by atoms with Crippen LogP contribution in [0.5, 0.6) is 0 Å². The number of H-pyrrole nitrogens is 1. The predicted octanol–water partition coefficient (Wildman–Crippen LogP) is 7.11. The minimum absolute atomic E-state index is 0.0754. The van der Waals surface area contributed by atoms with Crippen molar-refractivity contribution in [1.29, 1.82) is 0 Å². The summed E-state index contributed by atoms with van der Waals surface area (Å²) in [6.45, 7) is 5.62. The average molecular weight is 601 g/mol. The van der Waals surface area contributed by atoms with Gasteiger partial charge in [0.2, 0.25) is 5.91 Å². The van der Waals surface area contributed by atoms with Crippen molar-refractivity contribution in [3.05, 3.63) is 62.6 Å². The molecule has 4 rings (SSSR count). The first-order chi connectivity index (χ1) is 18.6. The van der Waals surface area contributed by atoms with Crippen LogP contribution in [-0.2, 0) is 17.8 Å². The van der Waals surface area contributed by atoms with Crippen LogP contribution in [0.2, 0.25) is 10.0 Å². The molecule has 0 atom stereocenters. The number of amides is 2. The van der Waals surface area contributed by atoms with Crippen LogP contribution in [0.25, 0.3) is 11.0 Å². The van der Waals surface area contributed by atoms with Gasteiger partial charge in [-0.15, -0.1) is 0 Å². The second kappa shape index (κ2) is 11.6. The third kappa shape index (κ3) is 6.89. The Kier molecular flexibility index (Phi) is 8.71. The normalized spacial score (nSPS) is 18.1. The monoisotopic (exact) mass is 600 g/mol. The van der Waals surface area contributed by atoms with E-state index in [0.29, 0.717) is 38.0 Å². The fourth-order valence-corrected chi connectivity index (χ4v) is 5.29. The van der Waals surface area contributed by atoms with Crippen LogP contribution in [-0.4, -0.2) is 34.0 Å². The number of alkyl halides is 3. The van der Waals surface area contributed by atoms with Crippen molar-refractivity contribution in [1.82, 2.24) is 20.6 Å². The lowest BCUT2D eigenvalue weighted by Gasteiger charge is -2.30. The van der Waals surface area contributed by atoms with Crippen molar-refractivity contribution in [2.24, 2.45) is 11.3 Å². The zero-order valence-corrected chi connectivity index (χ0v) is 23.8. The van der Waals surface area contributed by atoms with E-state index < -0.39 is 35.3 Å². The zero-order valence-electron chi connectivity index (χ0n) is 22.2. The largest absolute Gasteiger partial charge is 0.391 e. The lowest BCUT2D eigenvalue weighted by atomic mass is 9.85. The average Bonchev–Trinajstić information content (AvgIpc) is 3.25. The Hall–Kier alpha value is -2.85. The number of benzene rings is 2. The molecule has 1 saturated carbocycles.